The number of H-pyrrole nitrogens is 1. The summed E-state index contributed by atoms with van der Waals surface area (Å²) >= 11 is 8.14. The number of nitrogens with one attached hydrogen (secondary N) is 3. The first-order valence-electron chi connectivity index (χ1n) is 6.73. The van der Waals surface area contributed by atoms with Gasteiger partial charge in [-0.25, -0.2) is 14.4 Å². The maximum atomic E-state index is 12.1. The highest BCUT2D eigenvalue weighted by Crippen LogP contribution is 2.21. The van der Waals surface area contributed by atoms with E-state index in [0.717, 1.165) is 20.8 Å². The summed E-state index contributed by atoms with van der Waals surface area (Å²) in [4.78, 5) is 40.0. The zero-order valence-corrected chi connectivity index (χ0v) is 15.1. The molecule has 1 aromatic carbocycles. The second-order valence-corrected chi connectivity index (χ2v) is 5.96. The summed E-state index contributed by atoms with van der Waals surface area (Å²) in [7, 11) is 0. The lowest BCUT2D eigenvalue weighted by Gasteiger charge is -2.11. The Hall–Kier alpha value is -2.79. The van der Waals surface area contributed by atoms with Gasteiger partial charge in [0.1, 0.15) is 5.56 Å². The number of aliphatic imine (C=N–C) groups is 1. The number of carbonyl (C=O) groups is 1. The van der Waals surface area contributed by atoms with Crippen LogP contribution >= 0.6 is 28.1 Å². The van der Waals surface area contributed by atoms with Gasteiger partial charge in [-0.05, 0) is 42.9 Å². The topological polar surface area (TPSA) is 129 Å². The van der Waals surface area contributed by atoms with E-state index in [2.05, 4.69) is 36.8 Å². The zero-order chi connectivity index (χ0) is 18.6. The predicted molar refractivity (Wildman–Crippen MR) is 99.3 cm³/mol. The molecule has 0 spiro atoms. The molecule has 0 saturated heterocycles. The van der Waals surface area contributed by atoms with Gasteiger partial charge >= 0.3 is 5.69 Å². The Morgan fingerprint density at radius 3 is 2.80 bits per heavy atom. The van der Waals surface area contributed by atoms with Crippen molar-refractivity contribution in [3.63, 3.8) is 0 Å². The average Bonchev–Trinajstić information content (AvgIpc) is 2.55. The number of carbonyl (C=O) groups excluding carboxylic acids is 1. The molecule has 2 aromatic rings. The van der Waals surface area contributed by atoms with Crippen LogP contribution in [0.2, 0.25) is 0 Å². The quantitative estimate of drug-likeness (QED) is 0.240. The van der Waals surface area contributed by atoms with Gasteiger partial charge in [0, 0.05) is 10.7 Å². The number of hydrogen-bond acceptors (Lipinski definition) is 5. The lowest BCUT2D eigenvalue weighted by Crippen LogP contribution is -2.34. The number of hydrazine groups is 1. The van der Waals surface area contributed by atoms with Gasteiger partial charge in [-0.3, -0.25) is 25.4 Å². The van der Waals surface area contributed by atoms with E-state index in [-0.39, 0.29) is 10.7 Å². The molecule has 11 heteroatoms. The van der Waals surface area contributed by atoms with Crippen LogP contribution < -0.4 is 22.1 Å². The molecule has 0 aliphatic rings. The normalized spacial score (nSPS) is 10.6. The molecular weight excluding hydrogens is 414 g/mol. The standard InChI is InChI=1S/C14H12BrN5O4S/c1-7-4-8(2-3-10(7)15)20-12(23)9(11(22)18-14(20)24)5-16-13(25)19-17-6-21/h2-6,23H,1H3,(H,17,21)(H,19,25)(H,18,22,24). The summed E-state index contributed by atoms with van der Waals surface area (Å²) in [6.45, 7) is 1.81. The summed E-state index contributed by atoms with van der Waals surface area (Å²) in [5.74, 6) is -0.592. The van der Waals surface area contributed by atoms with Crippen molar-refractivity contribution in [2.24, 2.45) is 4.99 Å². The van der Waals surface area contributed by atoms with Crippen molar-refractivity contribution in [3.05, 3.63) is 54.6 Å². The molecule has 1 heterocycles. The minimum atomic E-state index is -0.831. The Balaban J connectivity index is 2.53. The fourth-order valence-corrected chi connectivity index (χ4v) is 2.27. The van der Waals surface area contributed by atoms with Gasteiger partial charge in [-0.2, -0.15) is 0 Å². The van der Waals surface area contributed by atoms with Crippen LogP contribution in [0.1, 0.15) is 11.1 Å². The number of aromatic amines is 1. The fourth-order valence-electron chi connectivity index (χ4n) is 1.91. The Morgan fingerprint density at radius 1 is 1.44 bits per heavy atom. The Bertz CT molecular complexity index is 982. The largest absolute Gasteiger partial charge is 0.493 e. The van der Waals surface area contributed by atoms with E-state index in [1.165, 1.54) is 0 Å². The van der Waals surface area contributed by atoms with Crippen molar-refractivity contribution in [2.75, 3.05) is 0 Å². The van der Waals surface area contributed by atoms with Crippen LogP contribution in [0.5, 0.6) is 5.88 Å². The number of halogens is 1. The maximum Gasteiger partial charge on any atom is 0.335 e. The van der Waals surface area contributed by atoms with Gasteiger partial charge < -0.3 is 5.11 Å². The molecule has 0 unspecified atom stereocenters. The van der Waals surface area contributed by atoms with Crippen LogP contribution in [0.15, 0.2) is 37.3 Å². The number of aryl methyl sites for hydroxylation is 1. The summed E-state index contributed by atoms with van der Waals surface area (Å²) < 4.78 is 1.76. The molecule has 0 fully saturated rings. The summed E-state index contributed by atoms with van der Waals surface area (Å²) in [6.07, 6.45) is 1.33. The fraction of sp³-hybridized carbons (Fsp3) is 0.0714. The van der Waals surface area contributed by atoms with E-state index in [4.69, 9.17) is 12.2 Å². The molecule has 0 aliphatic carbocycles. The average molecular weight is 426 g/mol. The lowest BCUT2D eigenvalue weighted by molar-refractivity contribution is -0.110. The lowest BCUT2D eigenvalue weighted by atomic mass is 10.2. The van der Waals surface area contributed by atoms with Crippen molar-refractivity contribution in [2.45, 2.75) is 6.92 Å². The Kier molecular flexibility index (Phi) is 5.83. The Labute approximate surface area is 154 Å². The number of rotatable bonds is 4. The van der Waals surface area contributed by atoms with Gasteiger partial charge in [0.25, 0.3) is 5.56 Å². The number of hydrogen-bond donors (Lipinski definition) is 4. The first-order chi connectivity index (χ1) is 11.8. The van der Waals surface area contributed by atoms with Crippen molar-refractivity contribution in [1.82, 2.24) is 20.4 Å². The number of aromatic hydroxyl groups is 1. The Morgan fingerprint density at radius 2 is 2.16 bits per heavy atom. The SMILES string of the molecule is Cc1cc(-n2c(O)c(C=NC(=S)NNC=O)c(=O)[nH]c2=O)ccc1Br. The highest BCUT2D eigenvalue weighted by atomic mass is 79.9. The van der Waals surface area contributed by atoms with Crippen LogP contribution in [0, 0.1) is 6.92 Å². The molecule has 130 valence electrons. The van der Waals surface area contributed by atoms with Gasteiger partial charge in [-0.15, -0.1) is 0 Å². The third kappa shape index (κ3) is 4.19. The van der Waals surface area contributed by atoms with Crippen molar-refractivity contribution in [1.29, 1.82) is 0 Å². The van der Waals surface area contributed by atoms with Gasteiger partial charge in [-0.1, -0.05) is 15.9 Å². The van der Waals surface area contributed by atoms with E-state index in [9.17, 15) is 19.5 Å². The van der Waals surface area contributed by atoms with Crippen LogP contribution in [0.25, 0.3) is 5.69 Å². The monoisotopic (exact) mass is 425 g/mol. The number of thiocarbonyl (C=S) groups is 1. The molecule has 2 rings (SSSR count). The molecule has 4 N–H and O–H groups in total. The number of benzene rings is 1. The van der Waals surface area contributed by atoms with Crippen molar-refractivity contribution in [3.8, 4) is 11.6 Å². The van der Waals surface area contributed by atoms with Crippen LogP contribution in [-0.4, -0.2) is 32.4 Å². The molecule has 1 aromatic heterocycles. The van der Waals surface area contributed by atoms with Crippen LogP contribution in [0.3, 0.4) is 0 Å². The van der Waals surface area contributed by atoms with Crippen LogP contribution in [-0.2, 0) is 4.79 Å². The van der Waals surface area contributed by atoms with Gasteiger partial charge in [0.05, 0.1) is 5.69 Å². The van der Waals surface area contributed by atoms with E-state index < -0.39 is 17.1 Å². The molecule has 0 bridgehead atoms. The molecule has 0 atom stereocenters. The van der Waals surface area contributed by atoms with E-state index in [1.54, 1.807) is 18.2 Å². The van der Waals surface area contributed by atoms with E-state index in [0.29, 0.717) is 12.1 Å². The van der Waals surface area contributed by atoms with E-state index in [1.807, 2.05) is 6.92 Å². The second kappa shape index (κ2) is 7.85. The predicted octanol–water partition coefficient (Wildman–Crippen LogP) is 0.257. The smallest absolute Gasteiger partial charge is 0.335 e. The molecule has 25 heavy (non-hydrogen) atoms. The highest BCUT2D eigenvalue weighted by Gasteiger charge is 2.14. The number of aromatic nitrogens is 2. The van der Waals surface area contributed by atoms with Gasteiger partial charge in [0.2, 0.25) is 17.4 Å². The number of amides is 1. The molecule has 0 aliphatic heterocycles. The zero-order valence-electron chi connectivity index (χ0n) is 12.7. The third-order valence-electron chi connectivity index (χ3n) is 3.07. The first kappa shape index (κ1) is 18.5. The minimum Gasteiger partial charge on any atom is -0.493 e. The summed E-state index contributed by atoms with van der Waals surface area (Å²) in [5, 5.41) is 10.2. The van der Waals surface area contributed by atoms with Gasteiger partial charge in [0.15, 0.2) is 0 Å². The number of nitrogens with zero attached hydrogens (tertiary/aromatic N) is 2. The van der Waals surface area contributed by atoms with E-state index >= 15 is 0 Å². The molecule has 9 nitrogen and oxygen atoms in total. The van der Waals surface area contributed by atoms with Crippen molar-refractivity contribution >= 4 is 45.9 Å². The molecule has 0 saturated carbocycles. The maximum absolute atomic E-state index is 12.1. The first-order valence-corrected chi connectivity index (χ1v) is 7.93. The molecule has 1 amide bonds. The van der Waals surface area contributed by atoms with Crippen LogP contribution in [0.4, 0.5) is 0 Å². The summed E-state index contributed by atoms with van der Waals surface area (Å²) in [6, 6.07) is 4.96. The second-order valence-electron chi connectivity index (χ2n) is 4.72. The van der Waals surface area contributed by atoms with Crippen molar-refractivity contribution < 1.29 is 9.90 Å². The summed E-state index contributed by atoms with van der Waals surface area (Å²) in [5.41, 5.74) is 3.63. The third-order valence-corrected chi connectivity index (χ3v) is 4.17. The molecule has 0 radical (unpaired) electrons. The molecular formula is C14H12BrN5O4S. The minimum absolute atomic E-state index is 0.150. The highest BCUT2D eigenvalue weighted by molar-refractivity contribution is 9.10.